The Morgan fingerprint density at radius 3 is 2.94 bits per heavy atom. The van der Waals surface area contributed by atoms with Crippen LogP contribution in [0.25, 0.3) is 0 Å². The van der Waals surface area contributed by atoms with E-state index in [9.17, 15) is 4.79 Å². The molecule has 0 amide bonds. The zero-order valence-electron chi connectivity index (χ0n) is 9.75. The SMILES string of the molecule is C[C@@H](N)c1cccnc1Sc1nc(N)cc(=O)[nH]1. The quantitative estimate of drug-likeness (QED) is 0.710. The van der Waals surface area contributed by atoms with Crippen LogP contribution in [0.15, 0.2) is 39.4 Å². The van der Waals surface area contributed by atoms with Crippen LogP contribution in [-0.4, -0.2) is 15.0 Å². The van der Waals surface area contributed by atoms with Crippen molar-refractivity contribution in [3.63, 3.8) is 0 Å². The lowest BCUT2D eigenvalue weighted by Gasteiger charge is -2.10. The maximum Gasteiger partial charge on any atom is 0.253 e. The van der Waals surface area contributed by atoms with Crippen molar-refractivity contribution in [1.29, 1.82) is 0 Å². The Morgan fingerprint density at radius 2 is 2.28 bits per heavy atom. The molecule has 0 aliphatic carbocycles. The summed E-state index contributed by atoms with van der Waals surface area (Å²) in [4.78, 5) is 22.2. The van der Waals surface area contributed by atoms with Crippen LogP contribution in [0.3, 0.4) is 0 Å². The number of hydrogen-bond acceptors (Lipinski definition) is 6. The lowest BCUT2D eigenvalue weighted by atomic mass is 10.2. The number of aromatic nitrogens is 3. The van der Waals surface area contributed by atoms with E-state index in [4.69, 9.17) is 11.5 Å². The first-order valence-electron chi connectivity index (χ1n) is 5.31. The van der Waals surface area contributed by atoms with Gasteiger partial charge in [-0.3, -0.25) is 4.79 Å². The van der Waals surface area contributed by atoms with Crippen molar-refractivity contribution < 1.29 is 0 Å². The first kappa shape index (κ1) is 12.6. The number of nitrogens with two attached hydrogens (primary N) is 2. The summed E-state index contributed by atoms with van der Waals surface area (Å²) in [5.74, 6) is 0.180. The summed E-state index contributed by atoms with van der Waals surface area (Å²) < 4.78 is 0. The van der Waals surface area contributed by atoms with Gasteiger partial charge in [0.2, 0.25) is 0 Å². The van der Waals surface area contributed by atoms with E-state index in [0.29, 0.717) is 10.2 Å². The van der Waals surface area contributed by atoms with E-state index in [0.717, 1.165) is 5.56 Å². The average molecular weight is 263 g/mol. The van der Waals surface area contributed by atoms with Crippen LogP contribution in [-0.2, 0) is 0 Å². The van der Waals surface area contributed by atoms with E-state index < -0.39 is 0 Å². The fourth-order valence-electron chi connectivity index (χ4n) is 1.43. The van der Waals surface area contributed by atoms with Gasteiger partial charge in [0.15, 0.2) is 5.16 Å². The maximum absolute atomic E-state index is 11.3. The molecule has 2 aromatic heterocycles. The van der Waals surface area contributed by atoms with Gasteiger partial charge in [-0.25, -0.2) is 9.97 Å². The van der Waals surface area contributed by atoms with E-state index in [1.807, 2.05) is 19.1 Å². The minimum atomic E-state index is -0.289. The van der Waals surface area contributed by atoms with Gasteiger partial charge in [-0.2, -0.15) is 0 Å². The highest BCUT2D eigenvalue weighted by Gasteiger charge is 2.10. The summed E-state index contributed by atoms with van der Waals surface area (Å²) >= 11 is 1.23. The van der Waals surface area contributed by atoms with Gasteiger partial charge in [0.05, 0.1) is 0 Å². The monoisotopic (exact) mass is 263 g/mol. The molecule has 18 heavy (non-hydrogen) atoms. The molecule has 2 heterocycles. The summed E-state index contributed by atoms with van der Waals surface area (Å²) in [5, 5.41) is 1.11. The van der Waals surface area contributed by atoms with Crippen LogP contribution in [0.5, 0.6) is 0 Å². The maximum atomic E-state index is 11.3. The molecular weight excluding hydrogens is 250 g/mol. The van der Waals surface area contributed by atoms with Crippen LogP contribution in [0.1, 0.15) is 18.5 Å². The molecule has 0 aromatic carbocycles. The second-order valence-electron chi connectivity index (χ2n) is 3.76. The largest absolute Gasteiger partial charge is 0.383 e. The van der Waals surface area contributed by atoms with Crippen LogP contribution < -0.4 is 17.0 Å². The van der Waals surface area contributed by atoms with E-state index >= 15 is 0 Å². The molecule has 6 nitrogen and oxygen atoms in total. The Hall–Kier alpha value is -1.86. The average Bonchev–Trinajstić information content (AvgIpc) is 2.27. The van der Waals surface area contributed by atoms with E-state index in [2.05, 4.69) is 15.0 Å². The van der Waals surface area contributed by atoms with Gasteiger partial charge in [-0.15, -0.1) is 0 Å². The first-order chi connectivity index (χ1) is 8.56. The third-order valence-electron chi connectivity index (χ3n) is 2.22. The van der Waals surface area contributed by atoms with Gasteiger partial charge in [0.25, 0.3) is 5.56 Å². The Bertz CT molecular complexity index is 610. The van der Waals surface area contributed by atoms with Gasteiger partial charge < -0.3 is 16.5 Å². The number of anilines is 1. The molecule has 7 heteroatoms. The van der Waals surface area contributed by atoms with Gasteiger partial charge in [0, 0.05) is 23.9 Å². The number of nitrogens with zero attached hydrogens (tertiary/aromatic N) is 2. The molecule has 2 rings (SSSR count). The molecule has 2 aromatic rings. The summed E-state index contributed by atoms with van der Waals surface area (Å²) in [6.45, 7) is 1.87. The fourth-order valence-corrected chi connectivity index (χ4v) is 2.40. The van der Waals surface area contributed by atoms with Gasteiger partial charge in [0.1, 0.15) is 10.8 Å². The van der Waals surface area contributed by atoms with Crippen molar-refractivity contribution in [2.75, 3.05) is 5.73 Å². The number of nitrogen functional groups attached to an aromatic ring is 1. The first-order valence-corrected chi connectivity index (χ1v) is 6.13. The molecular formula is C11H13N5OS. The highest BCUT2D eigenvalue weighted by atomic mass is 32.2. The molecule has 0 spiro atoms. The number of nitrogens with one attached hydrogen (secondary N) is 1. The van der Waals surface area contributed by atoms with Crippen LogP contribution >= 0.6 is 11.8 Å². The standard InChI is InChI=1S/C11H13N5OS/c1-6(12)7-3-2-4-14-10(7)18-11-15-8(13)5-9(17)16-11/h2-6H,12H2,1H3,(H3,13,15,16,17)/t6-/m1/s1. The zero-order chi connectivity index (χ0) is 13.1. The third kappa shape index (κ3) is 2.88. The smallest absolute Gasteiger partial charge is 0.253 e. The zero-order valence-corrected chi connectivity index (χ0v) is 10.6. The van der Waals surface area contributed by atoms with E-state index in [-0.39, 0.29) is 17.4 Å². The van der Waals surface area contributed by atoms with Crippen LogP contribution in [0.4, 0.5) is 5.82 Å². The van der Waals surface area contributed by atoms with Crippen molar-refractivity contribution in [2.45, 2.75) is 23.1 Å². The van der Waals surface area contributed by atoms with Gasteiger partial charge in [-0.1, -0.05) is 6.07 Å². The predicted octanol–water partition coefficient (Wildman–Crippen LogP) is 0.918. The van der Waals surface area contributed by atoms with Crippen LogP contribution in [0, 0.1) is 0 Å². The van der Waals surface area contributed by atoms with Crippen molar-refractivity contribution in [3.05, 3.63) is 40.3 Å². The molecule has 94 valence electrons. The van der Waals surface area contributed by atoms with Crippen molar-refractivity contribution in [3.8, 4) is 0 Å². The number of aromatic amines is 1. The van der Waals surface area contributed by atoms with Crippen molar-refractivity contribution in [2.24, 2.45) is 5.73 Å². The molecule has 0 saturated carbocycles. The summed E-state index contributed by atoms with van der Waals surface area (Å²) in [6, 6.07) is 4.80. The van der Waals surface area contributed by atoms with Gasteiger partial charge in [-0.05, 0) is 24.8 Å². The minimum absolute atomic E-state index is 0.144. The Balaban J connectivity index is 2.37. The minimum Gasteiger partial charge on any atom is -0.383 e. The molecule has 0 unspecified atom stereocenters. The lowest BCUT2D eigenvalue weighted by molar-refractivity contribution is 0.778. The fraction of sp³-hybridized carbons (Fsp3) is 0.182. The molecule has 1 atom stereocenters. The second-order valence-corrected chi connectivity index (χ2v) is 4.74. The van der Waals surface area contributed by atoms with Gasteiger partial charge >= 0.3 is 0 Å². The predicted molar refractivity (Wildman–Crippen MR) is 70.2 cm³/mol. The summed E-state index contributed by atoms with van der Waals surface area (Å²) in [6.07, 6.45) is 1.67. The molecule has 0 aliphatic heterocycles. The Morgan fingerprint density at radius 1 is 1.50 bits per heavy atom. The molecule has 0 bridgehead atoms. The highest BCUT2D eigenvalue weighted by molar-refractivity contribution is 7.99. The number of rotatable bonds is 3. The molecule has 0 aliphatic rings. The highest BCUT2D eigenvalue weighted by Crippen LogP contribution is 2.28. The summed E-state index contributed by atoms with van der Waals surface area (Å²) in [7, 11) is 0. The number of H-pyrrole nitrogens is 1. The Labute approximate surface area is 108 Å². The normalized spacial score (nSPS) is 12.3. The van der Waals surface area contributed by atoms with Crippen molar-refractivity contribution >= 4 is 17.6 Å². The van der Waals surface area contributed by atoms with Crippen molar-refractivity contribution in [1.82, 2.24) is 15.0 Å². The molecule has 5 N–H and O–H groups in total. The number of hydrogen-bond donors (Lipinski definition) is 3. The third-order valence-corrected chi connectivity index (χ3v) is 3.15. The lowest BCUT2D eigenvalue weighted by Crippen LogP contribution is -2.10. The topological polar surface area (TPSA) is 111 Å². The molecule has 0 radical (unpaired) electrons. The molecule has 0 saturated heterocycles. The van der Waals surface area contributed by atoms with E-state index in [1.54, 1.807) is 6.20 Å². The second kappa shape index (κ2) is 5.19. The molecule has 0 fully saturated rings. The Kier molecular flexibility index (Phi) is 3.63. The summed E-state index contributed by atoms with van der Waals surface area (Å²) in [5.41, 5.74) is 12.0. The van der Waals surface area contributed by atoms with E-state index in [1.165, 1.54) is 17.8 Å². The van der Waals surface area contributed by atoms with Crippen LogP contribution in [0.2, 0.25) is 0 Å². The number of pyridine rings is 1.